The molecule has 0 bridgehead atoms. The molecule has 0 spiro atoms. The highest BCUT2D eigenvalue weighted by molar-refractivity contribution is 6.70. The molecule has 1 rings (SSSR count). The van der Waals surface area contributed by atoms with Crippen molar-refractivity contribution in [3.8, 4) is 0 Å². The van der Waals surface area contributed by atoms with Gasteiger partial charge in [0.1, 0.15) is 0 Å². The third kappa shape index (κ3) is 4.83. The maximum absolute atomic E-state index is 6.21. The van der Waals surface area contributed by atoms with Crippen molar-refractivity contribution in [3.63, 3.8) is 0 Å². The average molecular weight is 277 g/mol. The van der Waals surface area contributed by atoms with E-state index >= 15 is 0 Å². The van der Waals surface area contributed by atoms with E-state index in [1.54, 1.807) is 0 Å². The monoisotopic (exact) mass is 276 g/mol. The van der Waals surface area contributed by atoms with Crippen molar-refractivity contribution in [3.05, 3.63) is 0 Å². The molecule has 1 aliphatic heterocycles. The van der Waals surface area contributed by atoms with Gasteiger partial charge in [-0.3, -0.25) is 0 Å². The first-order valence-electron chi connectivity index (χ1n) is 6.69. The van der Waals surface area contributed by atoms with Crippen LogP contribution in [0.15, 0.2) is 0 Å². The lowest BCUT2D eigenvalue weighted by atomic mass is 10.1. The molecule has 0 amide bonds. The average Bonchev–Trinajstić information content (AvgIpc) is 2.16. The predicted molar refractivity (Wildman–Crippen MR) is 79.7 cm³/mol. The fourth-order valence-corrected chi connectivity index (χ4v) is 9.04. The molecular weight excluding hydrogens is 248 g/mol. The minimum Gasteiger partial charge on any atom is -0.419 e. The van der Waals surface area contributed by atoms with Gasteiger partial charge in [0.15, 0.2) is 8.32 Å². The third-order valence-electron chi connectivity index (χ3n) is 3.29. The number of ether oxygens (including phenoxy) is 1. The molecule has 2 unspecified atom stereocenters. The zero-order valence-corrected chi connectivity index (χ0v) is 16.1. The van der Waals surface area contributed by atoms with Crippen LogP contribution in [0, 0.1) is 0 Å². The molecule has 0 aliphatic carbocycles. The van der Waals surface area contributed by atoms with Crippen molar-refractivity contribution in [1.29, 1.82) is 0 Å². The second kappa shape index (κ2) is 5.95. The Hall–Kier alpha value is 0.571. The molecular formula is C11H28O2Si3. The van der Waals surface area contributed by atoms with Crippen molar-refractivity contribution in [2.24, 2.45) is 0 Å². The molecule has 0 aromatic carbocycles. The minimum atomic E-state index is -1.36. The summed E-state index contributed by atoms with van der Waals surface area (Å²) in [6, 6.07) is 0. The molecule has 1 heterocycles. The molecule has 96 valence electrons. The number of hydrogen-bond donors (Lipinski definition) is 0. The maximum Gasteiger partial charge on any atom is 0.183 e. The van der Waals surface area contributed by atoms with Gasteiger partial charge in [-0.05, 0) is 45.3 Å². The largest absolute Gasteiger partial charge is 0.419 e. The number of hydrogen-bond acceptors (Lipinski definition) is 2. The Morgan fingerprint density at radius 2 is 2.12 bits per heavy atom. The van der Waals surface area contributed by atoms with Crippen LogP contribution < -0.4 is 0 Å². The molecule has 1 saturated heterocycles. The van der Waals surface area contributed by atoms with Gasteiger partial charge in [0, 0.05) is 22.6 Å². The van der Waals surface area contributed by atoms with Gasteiger partial charge in [-0.25, -0.2) is 0 Å². The van der Waals surface area contributed by atoms with Gasteiger partial charge in [-0.1, -0.05) is 6.55 Å². The highest BCUT2D eigenvalue weighted by Gasteiger charge is 2.34. The Labute approximate surface area is 107 Å². The van der Waals surface area contributed by atoms with Crippen LogP contribution in [0.3, 0.4) is 0 Å². The molecule has 16 heavy (non-hydrogen) atoms. The van der Waals surface area contributed by atoms with Crippen molar-refractivity contribution in [1.82, 2.24) is 0 Å². The van der Waals surface area contributed by atoms with Crippen LogP contribution in [0.4, 0.5) is 0 Å². The molecule has 0 aromatic rings. The van der Waals surface area contributed by atoms with E-state index in [4.69, 9.17) is 9.16 Å². The van der Waals surface area contributed by atoms with E-state index in [1.807, 2.05) is 0 Å². The summed E-state index contributed by atoms with van der Waals surface area (Å²) in [5, 5.41) is 0.282. The quantitative estimate of drug-likeness (QED) is 0.699. The Morgan fingerprint density at radius 3 is 2.56 bits per heavy atom. The van der Waals surface area contributed by atoms with Gasteiger partial charge in [0.25, 0.3) is 0 Å². The second-order valence-corrected chi connectivity index (χ2v) is 13.8. The predicted octanol–water partition coefficient (Wildman–Crippen LogP) is 1.03. The maximum atomic E-state index is 6.21. The van der Waals surface area contributed by atoms with E-state index in [9.17, 15) is 0 Å². The first kappa shape index (κ1) is 14.6. The molecule has 5 heteroatoms. The summed E-state index contributed by atoms with van der Waals surface area (Å²) in [6.45, 7) is 10.2. The van der Waals surface area contributed by atoms with Crippen molar-refractivity contribution in [2.45, 2.75) is 62.8 Å². The topological polar surface area (TPSA) is 18.5 Å². The lowest BCUT2D eigenvalue weighted by Gasteiger charge is -2.39. The standard InChI is InChI=1S/C11H28O2Si3/c1-15-11(7-5-6-8-12-11)9-10(14)13-16(2,3)4/h10H,5-9,15H2,1-4,14H3. The smallest absolute Gasteiger partial charge is 0.183 e. The van der Waals surface area contributed by atoms with E-state index in [2.05, 4.69) is 26.2 Å². The second-order valence-electron chi connectivity index (χ2n) is 6.09. The molecule has 0 aromatic heterocycles. The SMILES string of the molecule is C[SiH2]C1(CC([SiH3])O[Si](C)(C)C)CCCCO1. The number of rotatable bonds is 5. The molecule has 0 saturated carbocycles. The Morgan fingerprint density at radius 1 is 1.44 bits per heavy atom. The summed E-state index contributed by atoms with van der Waals surface area (Å²) in [7, 11) is -0.309. The van der Waals surface area contributed by atoms with Gasteiger partial charge in [-0.15, -0.1) is 0 Å². The van der Waals surface area contributed by atoms with Crippen LogP contribution in [0.2, 0.25) is 26.2 Å². The zero-order chi connectivity index (χ0) is 12.2. The summed E-state index contributed by atoms with van der Waals surface area (Å²) in [5.41, 5.74) is 0.511. The summed E-state index contributed by atoms with van der Waals surface area (Å²) < 4.78 is 12.3. The summed E-state index contributed by atoms with van der Waals surface area (Å²) in [4.78, 5) is 0. The molecule has 0 N–H and O–H groups in total. The Kier molecular flexibility index (Phi) is 5.44. The van der Waals surface area contributed by atoms with Crippen LogP contribution in [-0.2, 0) is 9.16 Å². The first-order chi connectivity index (χ1) is 7.37. The lowest BCUT2D eigenvalue weighted by Crippen LogP contribution is -2.46. The van der Waals surface area contributed by atoms with Gasteiger partial charge in [0.2, 0.25) is 0 Å². The zero-order valence-electron chi connectivity index (χ0n) is 11.6. The normalized spacial score (nSPS) is 30.0. The van der Waals surface area contributed by atoms with E-state index in [0.717, 1.165) is 16.8 Å². The van der Waals surface area contributed by atoms with Gasteiger partial charge < -0.3 is 9.16 Å². The molecule has 0 radical (unpaired) electrons. The molecule has 2 nitrogen and oxygen atoms in total. The van der Waals surface area contributed by atoms with Crippen LogP contribution in [0.25, 0.3) is 0 Å². The summed E-state index contributed by atoms with van der Waals surface area (Å²) in [5.74, 6) is 0. The minimum absolute atomic E-state index is 0.0991. The van der Waals surface area contributed by atoms with Crippen LogP contribution >= 0.6 is 0 Å². The first-order valence-corrected chi connectivity index (χ1v) is 13.4. The van der Waals surface area contributed by atoms with E-state index in [0.29, 0.717) is 5.73 Å². The van der Waals surface area contributed by atoms with Crippen LogP contribution in [0.5, 0.6) is 0 Å². The Balaban J connectivity index is 2.48. The van der Waals surface area contributed by atoms with Crippen LogP contribution in [0.1, 0.15) is 25.7 Å². The van der Waals surface area contributed by atoms with E-state index < -0.39 is 8.32 Å². The van der Waals surface area contributed by atoms with E-state index in [1.165, 1.54) is 25.7 Å². The Bertz CT molecular complexity index is 210. The molecule has 1 fully saturated rings. The summed E-state index contributed by atoms with van der Waals surface area (Å²) >= 11 is 0. The van der Waals surface area contributed by atoms with Crippen LogP contribution in [-0.4, -0.2) is 45.6 Å². The van der Waals surface area contributed by atoms with Gasteiger partial charge in [0.05, 0.1) is 14.7 Å². The van der Waals surface area contributed by atoms with Gasteiger partial charge in [-0.2, -0.15) is 0 Å². The third-order valence-corrected chi connectivity index (χ3v) is 7.65. The highest BCUT2D eigenvalue weighted by atomic mass is 28.4. The fourth-order valence-electron chi connectivity index (χ4n) is 2.66. The van der Waals surface area contributed by atoms with Gasteiger partial charge >= 0.3 is 0 Å². The molecule has 1 aliphatic rings. The van der Waals surface area contributed by atoms with Crippen molar-refractivity contribution >= 4 is 28.1 Å². The highest BCUT2D eigenvalue weighted by Crippen LogP contribution is 2.29. The van der Waals surface area contributed by atoms with Crippen molar-refractivity contribution < 1.29 is 9.16 Å². The summed E-state index contributed by atoms with van der Waals surface area (Å²) in [6.07, 6.45) is 5.11. The fraction of sp³-hybridized carbons (Fsp3) is 1.00. The lowest BCUT2D eigenvalue weighted by molar-refractivity contribution is -0.0361. The van der Waals surface area contributed by atoms with Crippen molar-refractivity contribution in [2.75, 3.05) is 6.61 Å². The molecule has 2 atom stereocenters. The van der Waals surface area contributed by atoms with E-state index in [-0.39, 0.29) is 14.7 Å².